The molecule has 0 aromatic heterocycles. The minimum Gasteiger partial charge on any atom is -0.258 e. The molecule has 96 valence electrons. The molecule has 0 bridgehead atoms. The van der Waals surface area contributed by atoms with E-state index in [0.717, 1.165) is 11.3 Å². The van der Waals surface area contributed by atoms with Crippen molar-refractivity contribution in [2.24, 2.45) is 4.99 Å². The Morgan fingerprint density at radius 1 is 1.11 bits per heavy atom. The number of nitro groups is 1. The first-order valence-electron chi connectivity index (χ1n) is 5.61. The average molecular weight is 272 g/mol. The number of aliphatic imine (C=N–C) groups is 1. The van der Waals surface area contributed by atoms with Crippen LogP contribution in [0, 0.1) is 10.1 Å². The van der Waals surface area contributed by atoms with Crippen LogP contribution in [0.4, 0.5) is 11.4 Å². The summed E-state index contributed by atoms with van der Waals surface area (Å²) in [5.74, 6) is 0. The monoisotopic (exact) mass is 272 g/mol. The molecule has 0 saturated heterocycles. The molecule has 0 amide bonds. The number of hydrogen-bond donors (Lipinski definition) is 0. The van der Waals surface area contributed by atoms with E-state index < -0.39 is 4.92 Å². The fourth-order valence-corrected chi connectivity index (χ4v) is 1.91. The lowest BCUT2D eigenvalue weighted by Crippen LogP contribution is -1.88. The average Bonchev–Trinajstić information content (AvgIpc) is 2.46. The van der Waals surface area contributed by atoms with Crippen molar-refractivity contribution in [2.45, 2.75) is 4.90 Å². The molecule has 0 fully saturated rings. The lowest BCUT2D eigenvalue weighted by atomic mass is 10.2. The largest absolute Gasteiger partial charge is 0.269 e. The van der Waals surface area contributed by atoms with Gasteiger partial charge in [-0.2, -0.15) is 0 Å². The van der Waals surface area contributed by atoms with Crippen LogP contribution in [-0.4, -0.2) is 17.4 Å². The van der Waals surface area contributed by atoms with Crippen LogP contribution in [0.15, 0.2) is 58.4 Å². The Balaban J connectivity index is 2.10. The van der Waals surface area contributed by atoms with Gasteiger partial charge in [0.25, 0.3) is 5.69 Å². The van der Waals surface area contributed by atoms with Crippen molar-refractivity contribution in [3.8, 4) is 0 Å². The Labute approximate surface area is 115 Å². The summed E-state index contributed by atoms with van der Waals surface area (Å²) in [6.07, 6.45) is 3.72. The summed E-state index contributed by atoms with van der Waals surface area (Å²) in [6.45, 7) is 0. The van der Waals surface area contributed by atoms with Crippen molar-refractivity contribution in [3.05, 3.63) is 64.2 Å². The highest BCUT2D eigenvalue weighted by Crippen LogP contribution is 2.19. The maximum absolute atomic E-state index is 10.5. The van der Waals surface area contributed by atoms with Crippen LogP contribution in [0.2, 0.25) is 0 Å². The summed E-state index contributed by atoms with van der Waals surface area (Å²) in [5, 5.41) is 10.5. The molecular weight excluding hydrogens is 260 g/mol. The second kappa shape index (κ2) is 6.15. The highest BCUT2D eigenvalue weighted by atomic mass is 32.2. The van der Waals surface area contributed by atoms with Gasteiger partial charge in [0.1, 0.15) is 0 Å². The van der Waals surface area contributed by atoms with E-state index in [-0.39, 0.29) is 5.69 Å². The quantitative estimate of drug-likeness (QED) is 0.365. The molecule has 0 atom stereocenters. The van der Waals surface area contributed by atoms with Gasteiger partial charge >= 0.3 is 0 Å². The van der Waals surface area contributed by atoms with Crippen LogP contribution in [0.3, 0.4) is 0 Å². The van der Waals surface area contributed by atoms with Gasteiger partial charge in [-0.3, -0.25) is 15.1 Å². The summed E-state index contributed by atoms with van der Waals surface area (Å²) in [4.78, 5) is 15.6. The Bertz CT molecular complexity index is 592. The number of hydrogen-bond acceptors (Lipinski definition) is 4. The van der Waals surface area contributed by atoms with Crippen molar-refractivity contribution < 1.29 is 4.92 Å². The van der Waals surface area contributed by atoms with Gasteiger partial charge in [-0.05, 0) is 48.2 Å². The van der Waals surface area contributed by atoms with Crippen LogP contribution >= 0.6 is 11.8 Å². The number of non-ortho nitro benzene ring substituents is 1. The zero-order valence-electron chi connectivity index (χ0n) is 10.3. The third-order valence-electron chi connectivity index (χ3n) is 2.54. The molecule has 4 nitrogen and oxygen atoms in total. The highest BCUT2D eigenvalue weighted by molar-refractivity contribution is 7.98. The number of nitro benzene ring substituents is 1. The lowest BCUT2D eigenvalue weighted by Gasteiger charge is -1.97. The van der Waals surface area contributed by atoms with Gasteiger partial charge < -0.3 is 0 Å². The van der Waals surface area contributed by atoms with Gasteiger partial charge in [0.05, 0.1) is 10.6 Å². The van der Waals surface area contributed by atoms with Crippen LogP contribution in [0.1, 0.15) is 5.56 Å². The molecule has 0 N–H and O–H groups in total. The van der Waals surface area contributed by atoms with Gasteiger partial charge in [0, 0.05) is 23.2 Å². The first-order valence-corrected chi connectivity index (χ1v) is 6.84. The Hall–Kier alpha value is -2.14. The topological polar surface area (TPSA) is 55.5 Å². The zero-order valence-corrected chi connectivity index (χ0v) is 11.1. The maximum Gasteiger partial charge on any atom is 0.269 e. The molecule has 5 heteroatoms. The van der Waals surface area contributed by atoms with Crippen LogP contribution in [0.25, 0.3) is 0 Å². The number of rotatable bonds is 4. The van der Waals surface area contributed by atoms with Crippen LogP contribution in [0.5, 0.6) is 0 Å². The van der Waals surface area contributed by atoms with E-state index in [0.29, 0.717) is 0 Å². The van der Waals surface area contributed by atoms with E-state index in [2.05, 4.69) is 4.99 Å². The Kier molecular flexibility index (Phi) is 4.30. The van der Waals surface area contributed by atoms with Gasteiger partial charge in [-0.1, -0.05) is 0 Å². The molecular formula is C14H12N2O2S. The Morgan fingerprint density at radius 3 is 2.26 bits per heavy atom. The standard InChI is InChI=1S/C14H12N2O2S/c1-19-14-8-4-12(5-9-14)15-10-11-2-6-13(7-3-11)16(17)18/h2-10H,1H3. The predicted molar refractivity (Wildman–Crippen MR) is 78.6 cm³/mol. The van der Waals surface area contributed by atoms with E-state index in [1.54, 1.807) is 30.1 Å². The van der Waals surface area contributed by atoms with Crippen molar-refractivity contribution in [1.82, 2.24) is 0 Å². The van der Waals surface area contributed by atoms with Crippen molar-refractivity contribution >= 4 is 29.4 Å². The van der Waals surface area contributed by atoms with E-state index >= 15 is 0 Å². The Morgan fingerprint density at radius 2 is 1.74 bits per heavy atom. The molecule has 0 aliphatic carbocycles. The molecule has 0 spiro atoms. The van der Waals surface area contributed by atoms with Gasteiger partial charge in [0.2, 0.25) is 0 Å². The minimum absolute atomic E-state index is 0.0847. The first-order chi connectivity index (χ1) is 9.19. The van der Waals surface area contributed by atoms with Crippen molar-refractivity contribution in [3.63, 3.8) is 0 Å². The second-order valence-electron chi connectivity index (χ2n) is 3.80. The third-order valence-corrected chi connectivity index (χ3v) is 3.28. The highest BCUT2D eigenvalue weighted by Gasteiger charge is 2.02. The zero-order chi connectivity index (χ0) is 13.7. The summed E-state index contributed by atoms with van der Waals surface area (Å²) in [5.41, 5.74) is 1.78. The molecule has 0 radical (unpaired) electrons. The molecule has 0 heterocycles. The molecule has 2 rings (SSSR count). The van der Waals surface area contributed by atoms with Gasteiger partial charge in [-0.25, -0.2) is 0 Å². The van der Waals surface area contributed by atoms with Crippen LogP contribution in [-0.2, 0) is 0 Å². The summed E-state index contributed by atoms with van der Waals surface area (Å²) in [7, 11) is 0. The molecule has 2 aromatic carbocycles. The van der Waals surface area contributed by atoms with E-state index in [9.17, 15) is 10.1 Å². The molecule has 0 aliphatic heterocycles. The number of benzene rings is 2. The molecule has 19 heavy (non-hydrogen) atoms. The predicted octanol–water partition coefficient (Wildman–Crippen LogP) is 4.07. The molecule has 2 aromatic rings. The van der Waals surface area contributed by atoms with E-state index in [4.69, 9.17) is 0 Å². The second-order valence-corrected chi connectivity index (χ2v) is 4.68. The van der Waals surface area contributed by atoms with Gasteiger partial charge in [0.15, 0.2) is 0 Å². The summed E-state index contributed by atoms with van der Waals surface area (Å²) >= 11 is 1.68. The van der Waals surface area contributed by atoms with E-state index in [1.807, 2.05) is 30.5 Å². The summed E-state index contributed by atoms with van der Waals surface area (Å²) in [6, 6.07) is 14.2. The maximum atomic E-state index is 10.5. The molecule has 0 saturated carbocycles. The number of nitrogens with zero attached hydrogens (tertiary/aromatic N) is 2. The minimum atomic E-state index is -0.415. The molecule has 0 unspecified atom stereocenters. The fourth-order valence-electron chi connectivity index (χ4n) is 1.50. The van der Waals surface area contributed by atoms with Gasteiger partial charge in [-0.15, -0.1) is 11.8 Å². The third kappa shape index (κ3) is 3.66. The first kappa shape index (κ1) is 13.3. The van der Waals surface area contributed by atoms with Crippen molar-refractivity contribution in [1.29, 1.82) is 0 Å². The smallest absolute Gasteiger partial charge is 0.258 e. The lowest BCUT2D eigenvalue weighted by molar-refractivity contribution is -0.384. The van der Waals surface area contributed by atoms with Crippen LogP contribution < -0.4 is 0 Å². The normalized spacial score (nSPS) is 10.8. The van der Waals surface area contributed by atoms with E-state index in [1.165, 1.54) is 17.0 Å². The summed E-state index contributed by atoms with van der Waals surface area (Å²) < 4.78 is 0. The van der Waals surface area contributed by atoms with Crippen molar-refractivity contribution in [2.75, 3.05) is 6.26 Å². The molecule has 0 aliphatic rings. The fraction of sp³-hybridized carbons (Fsp3) is 0.0714. The number of thioether (sulfide) groups is 1. The SMILES string of the molecule is CSc1ccc(N=Cc2ccc([N+](=O)[O-])cc2)cc1.